The number of amides is 1. The molecule has 1 aliphatic heterocycles. The van der Waals surface area contributed by atoms with Gasteiger partial charge in [-0.2, -0.15) is 11.3 Å². The lowest BCUT2D eigenvalue weighted by atomic mass is 9.86. The van der Waals surface area contributed by atoms with E-state index in [2.05, 4.69) is 30.6 Å². The zero-order valence-electron chi connectivity index (χ0n) is 13.3. The lowest BCUT2D eigenvalue weighted by molar-refractivity contribution is -0.126. The van der Waals surface area contributed by atoms with Crippen molar-refractivity contribution in [3.05, 3.63) is 22.4 Å². The molecule has 1 aromatic heterocycles. The molecule has 2 rings (SSSR count). The van der Waals surface area contributed by atoms with Crippen molar-refractivity contribution in [1.82, 2.24) is 9.62 Å². The predicted molar refractivity (Wildman–Crippen MR) is 89.5 cm³/mol. The van der Waals surface area contributed by atoms with Crippen molar-refractivity contribution in [2.24, 2.45) is 5.92 Å². The molecule has 22 heavy (non-hydrogen) atoms. The van der Waals surface area contributed by atoms with Crippen LogP contribution in [-0.4, -0.2) is 44.5 Å². The fourth-order valence-corrected chi connectivity index (χ4v) is 4.38. The van der Waals surface area contributed by atoms with Gasteiger partial charge in [0.2, 0.25) is 15.9 Å². The standard InChI is InChI=1S/C15H24N2O3S2/c1-15(2,13-6-9-21-10-13)11-16-14(18)12-4-7-17(8-5-12)22(3,19)20/h6,9-10,12H,4-5,7-8,11H2,1-3H3,(H,16,18). The number of rotatable bonds is 5. The van der Waals surface area contributed by atoms with E-state index in [1.54, 1.807) is 11.3 Å². The second kappa shape index (κ2) is 6.68. The van der Waals surface area contributed by atoms with Crippen LogP contribution in [0.2, 0.25) is 0 Å². The molecule has 1 fully saturated rings. The number of hydrogen-bond donors (Lipinski definition) is 1. The molecule has 1 saturated heterocycles. The Kier molecular flexibility index (Phi) is 5.29. The van der Waals surface area contributed by atoms with Crippen LogP contribution < -0.4 is 5.32 Å². The van der Waals surface area contributed by atoms with Crippen LogP contribution in [0.25, 0.3) is 0 Å². The van der Waals surface area contributed by atoms with Gasteiger partial charge in [0.25, 0.3) is 0 Å². The van der Waals surface area contributed by atoms with Gasteiger partial charge < -0.3 is 5.32 Å². The molecule has 0 unspecified atom stereocenters. The van der Waals surface area contributed by atoms with E-state index in [0.717, 1.165) is 0 Å². The van der Waals surface area contributed by atoms with Crippen LogP contribution >= 0.6 is 11.3 Å². The average molecular weight is 345 g/mol. The SMILES string of the molecule is CC(C)(CNC(=O)C1CCN(S(C)(=O)=O)CC1)c1ccsc1. The molecule has 1 aromatic rings. The van der Waals surface area contributed by atoms with Gasteiger partial charge in [-0.1, -0.05) is 13.8 Å². The second-order valence-corrected chi connectivity index (χ2v) is 9.31. The third-order valence-corrected chi connectivity index (χ3v) is 6.29. The Hall–Kier alpha value is -0.920. The number of carbonyl (C=O) groups is 1. The van der Waals surface area contributed by atoms with Crippen LogP contribution in [0.3, 0.4) is 0 Å². The number of nitrogens with zero attached hydrogens (tertiary/aromatic N) is 1. The summed E-state index contributed by atoms with van der Waals surface area (Å²) in [4.78, 5) is 12.3. The molecule has 1 aliphatic rings. The van der Waals surface area contributed by atoms with Crippen molar-refractivity contribution >= 4 is 27.3 Å². The summed E-state index contributed by atoms with van der Waals surface area (Å²) in [6.45, 7) is 5.69. The molecule has 0 radical (unpaired) electrons. The van der Waals surface area contributed by atoms with Gasteiger partial charge in [0.15, 0.2) is 0 Å². The highest BCUT2D eigenvalue weighted by molar-refractivity contribution is 7.88. The van der Waals surface area contributed by atoms with Crippen molar-refractivity contribution in [1.29, 1.82) is 0 Å². The topological polar surface area (TPSA) is 66.5 Å². The minimum absolute atomic E-state index is 0.0384. The molecule has 0 spiro atoms. The normalized spacial score (nSPS) is 18.3. The highest BCUT2D eigenvalue weighted by Gasteiger charge is 2.30. The lowest BCUT2D eigenvalue weighted by Crippen LogP contribution is -2.45. The van der Waals surface area contributed by atoms with Crippen LogP contribution in [0.15, 0.2) is 16.8 Å². The molecule has 0 aliphatic carbocycles. The Morgan fingerprint density at radius 1 is 1.41 bits per heavy atom. The molecule has 0 saturated carbocycles. The molecule has 0 aromatic carbocycles. The zero-order chi connectivity index (χ0) is 16.4. The van der Waals surface area contributed by atoms with Gasteiger partial charge in [0, 0.05) is 31.0 Å². The van der Waals surface area contributed by atoms with Crippen LogP contribution in [0, 0.1) is 5.92 Å². The molecule has 1 N–H and O–H groups in total. The van der Waals surface area contributed by atoms with Crippen molar-refractivity contribution < 1.29 is 13.2 Å². The third kappa shape index (κ3) is 4.30. The van der Waals surface area contributed by atoms with Crippen molar-refractivity contribution in [3.63, 3.8) is 0 Å². The van der Waals surface area contributed by atoms with Gasteiger partial charge in [-0.15, -0.1) is 0 Å². The Morgan fingerprint density at radius 2 is 2.05 bits per heavy atom. The largest absolute Gasteiger partial charge is 0.355 e. The van der Waals surface area contributed by atoms with Crippen LogP contribution in [0.5, 0.6) is 0 Å². The number of nitrogens with one attached hydrogen (secondary N) is 1. The maximum Gasteiger partial charge on any atom is 0.223 e. The minimum atomic E-state index is -3.14. The molecule has 5 nitrogen and oxygen atoms in total. The molecule has 1 amide bonds. The van der Waals surface area contributed by atoms with E-state index in [0.29, 0.717) is 32.5 Å². The van der Waals surface area contributed by atoms with E-state index in [1.807, 2.05) is 5.38 Å². The van der Waals surface area contributed by atoms with Crippen molar-refractivity contribution in [2.45, 2.75) is 32.1 Å². The van der Waals surface area contributed by atoms with Gasteiger partial charge in [0.05, 0.1) is 6.26 Å². The smallest absolute Gasteiger partial charge is 0.223 e. The van der Waals surface area contributed by atoms with Gasteiger partial charge in [-0.3, -0.25) is 4.79 Å². The maximum atomic E-state index is 12.3. The number of thiophene rings is 1. The molecule has 0 atom stereocenters. The average Bonchev–Trinajstić information content (AvgIpc) is 2.99. The molecule has 7 heteroatoms. The van der Waals surface area contributed by atoms with E-state index < -0.39 is 10.0 Å². The predicted octanol–water partition coefficient (Wildman–Crippen LogP) is 1.81. The summed E-state index contributed by atoms with van der Waals surface area (Å²) in [5.41, 5.74) is 1.13. The van der Waals surface area contributed by atoms with E-state index in [4.69, 9.17) is 0 Å². The first-order valence-corrected chi connectivity index (χ1v) is 10.2. The Bertz CT molecular complexity index is 601. The van der Waals surface area contributed by atoms with E-state index in [-0.39, 0.29) is 17.2 Å². The monoisotopic (exact) mass is 344 g/mol. The highest BCUT2D eigenvalue weighted by Crippen LogP contribution is 2.25. The van der Waals surface area contributed by atoms with Crippen LogP contribution in [-0.2, 0) is 20.2 Å². The second-order valence-electron chi connectivity index (χ2n) is 6.55. The maximum absolute atomic E-state index is 12.3. The summed E-state index contributed by atoms with van der Waals surface area (Å²) in [6.07, 6.45) is 2.41. The van der Waals surface area contributed by atoms with Gasteiger partial charge in [-0.25, -0.2) is 12.7 Å². The number of carbonyl (C=O) groups excluding carboxylic acids is 1. The molecular weight excluding hydrogens is 320 g/mol. The van der Waals surface area contributed by atoms with Crippen LogP contribution in [0.4, 0.5) is 0 Å². The molecule has 0 bridgehead atoms. The summed E-state index contributed by atoms with van der Waals surface area (Å²) in [6, 6.07) is 2.08. The highest BCUT2D eigenvalue weighted by atomic mass is 32.2. The Morgan fingerprint density at radius 3 is 2.55 bits per heavy atom. The van der Waals surface area contributed by atoms with Crippen LogP contribution in [0.1, 0.15) is 32.3 Å². The van der Waals surface area contributed by atoms with E-state index in [1.165, 1.54) is 16.1 Å². The quantitative estimate of drug-likeness (QED) is 0.886. The van der Waals surface area contributed by atoms with Crippen molar-refractivity contribution in [3.8, 4) is 0 Å². The summed E-state index contributed by atoms with van der Waals surface area (Å²) < 4.78 is 24.4. The van der Waals surface area contributed by atoms with E-state index >= 15 is 0 Å². The minimum Gasteiger partial charge on any atom is -0.355 e. The molecular formula is C15H24N2O3S2. The van der Waals surface area contributed by atoms with Crippen molar-refractivity contribution in [2.75, 3.05) is 25.9 Å². The fraction of sp³-hybridized carbons (Fsp3) is 0.667. The summed E-state index contributed by atoms with van der Waals surface area (Å²) >= 11 is 1.66. The number of hydrogen-bond acceptors (Lipinski definition) is 4. The van der Waals surface area contributed by atoms with Gasteiger partial charge in [-0.05, 0) is 35.2 Å². The first kappa shape index (κ1) is 17.4. The Labute approximate surface area is 136 Å². The lowest BCUT2D eigenvalue weighted by Gasteiger charge is -2.31. The Balaban J connectivity index is 1.84. The summed E-state index contributed by atoms with van der Waals surface area (Å²) in [7, 11) is -3.14. The summed E-state index contributed by atoms with van der Waals surface area (Å²) in [5, 5.41) is 7.18. The van der Waals surface area contributed by atoms with E-state index in [9.17, 15) is 13.2 Å². The third-order valence-electron chi connectivity index (χ3n) is 4.30. The zero-order valence-corrected chi connectivity index (χ0v) is 15.0. The first-order valence-electron chi connectivity index (χ1n) is 7.46. The molecule has 124 valence electrons. The first-order chi connectivity index (χ1) is 10.2. The number of sulfonamides is 1. The fourth-order valence-electron chi connectivity index (χ4n) is 2.65. The summed E-state index contributed by atoms with van der Waals surface area (Å²) in [5.74, 6) is -0.0484. The number of piperidine rings is 1. The van der Waals surface area contributed by atoms with Gasteiger partial charge in [0.1, 0.15) is 0 Å². The molecule has 2 heterocycles. The van der Waals surface area contributed by atoms with Gasteiger partial charge >= 0.3 is 0 Å².